The summed E-state index contributed by atoms with van der Waals surface area (Å²) >= 11 is 5.26. The molecule has 26 heavy (non-hydrogen) atoms. The van der Waals surface area contributed by atoms with Gasteiger partial charge < -0.3 is 15.4 Å². The van der Waals surface area contributed by atoms with Gasteiger partial charge in [0.25, 0.3) is 0 Å². The van der Waals surface area contributed by atoms with Gasteiger partial charge in [-0.15, -0.1) is 0 Å². The zero-order valence-electron chi connectivity index (χ0n) is 15.0. The monoisotopic (exact) mass is 370 g/mol. The van der Waals surface area contributed by atoms with Gasteiger partial charge in [0.2, 0.25) is 5.91 Å². The molecule has 1 aromatic carbocycles. The maximum atomic E-state index is 12.1. The summed E-state index contributed by atoms with van der Waals surface area (Å²) in [4.78, 5) is 13.0. The average Bonchev–Trinajstić information content (AvgIpc) is 2.67. The van der Waals surface area contributed by atoms with E-state index < -0.39 is 0 Å². The van der Waals surface area contributed by atoms with Gasteiger partial charge >= 0.3 is 0 Å². The molecule has 0 bridgehead atoms. The van der Waals surface area contributed by atoms with Crippen molar-refractivity contribution < 1.29 is 9.53 Å². The van der Waals surface area contributed by atoms with Crippen LogP contribution in [-0.2, 0) is 11.2 Å². The molecule has 138 valence electrons. The molecule has 0 unspecified atom stereocenters. The standard InChI is InChI=1S/C21H26N2O2S/c24-21(18-8-10-22-11-9-18)23-12-13-25-19-6-4-16(5-7-19)14-17-2-1-3-20(26)15-17/h1-2,4-7,15,18,22H,3,8-14H2,(H,23,24). The van der Waals surface area contributed by atoms with Gasteiger partial charge in [-0.25, -0.2) is 0 Å². The van der Waals surface area contributed by atoms with Crippen LogP contribution in [0.4, 0.5) is 0 Å². The lowest BCUT2D eigenvalue weighted by atomic mass is 9.97. The summed E-state index contributed by atoms with van der Waals surface area (Å²) in [5, 5.41) is 6.25. The summed E-state index contributed by atoms with van der Waals surface area (Å²) in [5.41, 5.74) is 2.48. The van der Waals surface area contributed by atoms with Crippen molar-refractivity contribution in [1.82, 2.24) is 10.6 Å². The number of ether oxygens (including phenoxy) is 1. The molecule has 1 heterocycles. The fraction of sp³-hybridized carbons (Fsp3) is 0.429. The highest BCUT2D eigenvalue weighted by molar-refractivity contribution is 7.80. The molecule has 1 fully saturated rings. The lowest BCUT2D eigenvalue weighted by molar-refractivity contribution is -0.125. The predicted molar refractivity (Wildman–Crippen MR) is 109 cm³/mol. The van der Waals surface area contributed by atoms with E-state index >= 15 is 0 Å². The van der Waals surface area contributed by atoms with E-state index in [1.54, 1.807) is 0 Å². The maximum Gasteiger partial charge on any atom is 0.223 e. The van der Waals surface area contributed by atoms with Gasteiger partial charge in [-0.05, 0) is 61.7 Å². The number of hydrogen-bond donors (Lipinski definition) is 2. The van der Waals surface area contributed by atoms with Gasteiger partial charge in [-0.1, -0.05) is 36.5 Å². The molecule has 2 N–H and O–H groups in total. The number of rotatable bonds is 7. The minimum absolute atomic E-state index is 0.145. The van der Waals surface area contributed by atoms with Gasteiger partial charge in [0.15, 0.2) is 0 Å². The Morgan fingerprint density at radius 2 is 2.00 bits per heavy atom. The highest BCUT2D eigenvalue weighted by atomic mass is 32.1. The topological polar surface area (TPSA) is 50.4 Å². The molecule has 1 saturated heterocycles. The molecular weight excluding hydrogens is 344 g/mol. The summed E-state index contributed by atoms with van der Waals surface area (Å²) in [5.74, 6) is 1.12. The maximum absolute atomic E-state index is 12.1. The van der Waals surface area contributed by atoms with Crippen LogP contribution < -0.4 is 15.4 Å². The van der Waals surface area contributed by atoms with Crippen LogP contribution in [0, 0.1) is 5.92 Å². The van der Waals surface area contributed by atoms with Crippen molar-refractivity contribution in [3.8, 4) is 5.75 Å². The smallest absolute Gasteiger partial charge is 0.223 e. The number of piperidine rings is 1. The molecule has 3 rings (SSSR count). The van der Waals surface area contributed by atoms with E-state index in [1.807, 2.05) is 12.1 Å². The normalized spacial score (nSPS) is 17.7. The van der Waals surface area contributed by atoms with Crippen LogP contribution >= 0.6 is 12.2 Å². The van der Waals surface area contributed by atoms with Crippen LogP contribution in [0.5, 0.6) is 5.75 Å². The molecule has 1 aliphatic heterocycles. The summed E-state index contributed by atoms with van der Waals surface area (Å²) in [6, 6.07) is 8.12. The Morgan fingerprint density at radius 3 is 2.73 bits per heavy atom. The third-order valence-electron chi connectivity index (χ3n) is 4.71. The van der Waals surface area contributed by atoms with Gasteiger partial charge in [0.1, 0.15) is 12.4 Å². The van der Waals surface area contributed by atoms with Crippen molar-refractivity contribution in [2.45, 2.75) is 25.7 Å². The van der Waals surface area contributed by atoms with Crippen LogP contribution in [0.3, 0.4) is 0 Å². The van der Waals surface area contributed by atoms with Gasteiger partial charge in [0.05, 0.1) is 6.54 Å². The Bertz CT molecular complexity index is 688. The van der Waals surface area contributed by atoms with Crippen molar-refractivity contribution in [2.24, 2.45) is 5.92 Å². The zero-order valence-corrected chi connectivity index (χ0v) is 15.8. The lowest BCUT2D eigenvalue weighted by Gasteiger charge is -2.21. The average molecular weight is 371 g/mol. The van der Waals surface area contributed by atoms with Crippen LogP contribution in [0.1, 0.15) is 24.8 Å². The van der Waals surface area contributed by atoms with Crippen LogP contribution in [-0.4, -0.2) is 37.0 Å². The number of amides is 1. The SMILES string of the molecule is O=C(NCCOc1ccc(CC2=CC(=S)CC=C2)cc1)C1CCNCC1. The third kappa shape index (κ3) is 5.78. The fourth-order valence-corrected chi connectivity index (χ4v) is 3.51. The summed E-state index contributed by atoms with van der Waals surface area (Å²) in [6.07, 6.45) is 9.95. The molecule has 1 aliphatic carbocycles. The van der Waals surface area contributed by atoms with E-state index in [4.69, 9.17) is 17.0 Å². The first-order valence-corrected chi connectivity index (χ1v) is 9.71. The molecule has 0 aromatic heterocycles. The third-order valence-corrected chi connectivity index (χ3v) is 4.99. The van der Waals surface area contributed by atoms with Gasteiger partial charge in [0, 0.05) is 17.2 Å². The van der Waals surface area contributed by atoms with Crippen LogP contribution in [0.15, 0.2) is 48.1 Å². The second-order valence-corrected chi connectivity index (χ2v) is 7.30. The van der Waals surface area contributed by atoms with Crippen molar-refractivity contribution in [1.29, 1.82) is 0 Å². The highest BCUT2D eigenvalue weighted by Gasteiger charge is 2.20. The predicted octanol–water partition coefficient (Wildman–Crippen LogP) is 2.98. The molecular formula is C21H26N2O2S. The van der Waals surface area contributed by atoms with Crippen LogP contribution in [0.25, 0.3) is 0 Å². The van der Waals surface area contributed by atoms with Crippen molar-refractivity contribution in [3.05, 3.63) is 53.6 Å². The molecule has 4 nitrogen and oxygen atoms in total. The molecule has 0 atom stereocenters. The Kier molecular flexibility index (Phi) is 6.97. The number of carbonyl (C=O) groups is 1. The first-order chi connectivity index (χ1) is 12.7. The van der Waals surface area contributed by atoms with E-state index in [1.165, 1.54) is 11.1 Å². The number of nitrogens with one attached hydrogen (secondary N) is 2. The van der Waals surface area contributed by atoms with E-state index in [0.29, 0.717) is 13.2 Å². The molecule has 1 aromatic rings. The Labute approximate surface area is 160 Å². The molecule has 1 amide bonds. The Hall–Kier alpha value is -1.98. The second-order valence-electron chi connectivity index (χ2n) is 6.78. The van der Waals surface area contributed by atoms with Gasteiger partial charge in [-0.2, -0.15) is 0 Å². The zero-order chi connectivity index (χ0) is 18.2. The van der Waals surface area contributed by atoms with Crippen LogP contribution in [0.2, 0.25) is 0 Å². The Morgan fingerprint density at radius 1 is 1.23 bits per heavy atom. The van der Waals surface area contributed by atoms with Gasteiger partial charge in [-0.3, -0.25) is 4.79 Å². The molecule has 5 heteroatoms. The first kappa shape index (κ1) is 18.8. The quantitative estimate of drug-likeness (QED) is 0.572. The van der Waals surface area contributed by atoms with Crippen molar-refractivity contribution >= 4 is 23.0 Å². The van der Waals surface area contributed by atoms with Crippen molar-refractivity contribution in [3.63, 3.8) is 0 Å². The summed E-state index contributed by atoms with van der Waals surface area (Å²) in [7, 11) is 0. The molecule has 0 radical (unpaired) electrons. The van der Waals surface area contributed by atoms with Crippen molar-refractivity contribution in [2.75, 3.05) is 26.2 Å². The summed E-state index contributed by atoms with van der Waals surface area (Å²) < 4.78 is 5.73. The molecule has 2 aliphatic rings. The largest absolute Gasteiger partial charge is 0.492 e. The number of allylic oxidation sites excluding steroid dienone is 4. The second kappa shape index (κ2) is 9.64. The number of carbonyl (C=O) groups excluding carboxylic acids is 1. The lowest BCUT2D eigenvalue weighted by Crippen LogP contribution is -2.39. The number of thiocarbonyl (C=S) groups is 1. The van der Waals surface area contributed by atoms with E-state index in [0.717, 1.165) is 49.4 Å². The fourth-order valence-electron chi connectivity index (χ4n) is 3.26. The number of benzene rings is 1. The van der Waals surface area contributed by atoms with E-state index in [2.05, 4.69) is 41.0 Å². The molecule has 0 saturated carbocycles. The minimum atomic E-state index is 0.145. The van der Waals surface area contributed by atoms with E-state index in [9.17, 15) is 4.79 Å². The Balaban J connectivity index is 1.38. The summed E-state index contributed by atoms with van der Waals surface area (Å²) in [6.45, 7) is 2.89. The minimum Gasteiger partial charge on any atom is -0.492 e. The van der Waals surface area contributed by atoms with E-state index in [-0.39, 0.29) is 11.8 Å². The first-order valence-electron chi connectivity index (χ1n) is 9.31. The highest BCUT2D eigenvalue weighted by Crippen LogP contribution is 2.18. The molecule has 0 spiro atoms. The number of hydrogen-bond acceptors (Lipinski definition) is 4.